The summed E-state index contributed by atoms with van der Waals surface area (Å²) in [4.78, 5) is 76.2. The molecule has 0 saturated carbocycles. The van der Waals surface area contributed by atoms with Crippen molar-refractivity contribution in [3.63, 3.8) is 0 Å². The van der Waals surface area contributed by atoms with Crippen LogP contribution in [0.5, 0.6) is 0 Å². The normalized spacial score (nSPS) is 15.0. The lowest BCUT2D eigenvalue weighted by molar-refractivity contribution is 0.0197. The molecule has 0 spiro atoms. The van der Waals surface area contributed by atoms with E-state index in [4.69, 9.17) is 69.8 Å². The standard InChI is InChI=1S/C28H32FN7O3.C23H24FN7O.C18H23ClN4O2.C10H20N2O2.C8H4Cl2N2/c1-28(2,3)39-27(38)35-11-8-19(9-12-35)31-25-7-4-18-16-30-26(15-24(18)33-25)32-23-6-5-21(14-22(23)29)36-13-10-20(17-37)34-36;24-19-11-18(31-10-7-17(14-32)30-31)2-3-20(19)28-23-12-21-15(13-26-23)1-4-22(29-21)27-16-5-8-25-9-6-16;1-18(2,3)25-17(24)23-8-6-13(7-9-23)21-16-5-4-12-11-20-15(19)10-14(12)22-16;1-10(2,3)14-9(13)12-6-4-8(11)5-7-12;9-7-2-1-5-4-11-8(10)3-6(5)12-7/h4-7,10,13-16,19,37H,8-9,11-12,17H2,1-3H3,(H,30,32)(H,31,33);1-4,7,10-13,16,25,32H,5-6,8-9,14H2,(H,26,28)(H,27,29);4-5,10-11,13H,6-9H2,1-3H3,(H,21,22);8H,4-7,11H2,1-3H3;1-4H. The molecule has 4 saturated heterocycles. The zero-order valence-electron chi connectivity index (χ0n) is 69.6. The van der Waals surface area contributed by atoms with Crippen molar-refractivity contribution in [2.75, 3.05) is 78.9 Å². The molecule has 0 atom stereocenters. The Morgan fingerprint density at radius 3 is 1.14 bits per heavy atom. The van der Waals surface area contributed by atoms with E-state index in [-0.39, 0.29) is 55.3 Å². The lowest BCUT2D eigenvalue weighted by Gasteiger charge is -2.33. The molecule has 2 aromatic carbocycles. The number of halogens is 5. The molecule has 644 valence electrons. The number of aliphatic hydroxyl groups is 2. The highest BCUT2D eigenvalue weighted by Gasteiger charge is 2.30. The highest BCUT2D eigenvalue weighted by Crippen LogP contribution is 2.30. The van der Waals surface area contributed by atoms with Gasteiger partial charge < -0.3 is 76.8 Å². The number of likely N-dealkylation sites (tertiary alicyclic amines) is 3. The maximum absolute atomic E-state index is 14.9. The lowest BCUT2D eigenvalue weighted by Crippen LogP contribution is -2.44. The van der Waals surface area contributed by atoms with E-state index in [1.807, 2.05) is 111 Å². The van der Waals surface area contributed by atoms with Crippen molar-refractivity contribution in [1.29, 1.82) is 0 Å². The van der Waals surface area contributed by atoms with Crippen molar-refractivity contribution in [2.45, 2.75) is 168 Å². The van der Waals surface area contributed by atoms with Gasteiger partial charge >= 0.3 is 18.3 Å². The quantitative estimate of drug-likeness (QED) is 0.0361. The Labute approximate surface area is 721 Å². The summed E-state index contributed by atoms with van der Waals surface area (Å²) in [6, 6.07) is 36.3. The van der Waals surface area contributed by atoms with E-state index in [1.165, 1.54) is 21.5 Å². The number of aromatic nitrogens is 12. The molecule has 14 heterocycles. The van der Waals surface area contributed by atoms with Crippen molar-refractivity contribution in [3.8, 4) is 11.4 Å². The lowest BCUT2D eigenvalue weighted by atomic mass is 10.1. The number of carbonyl (C=O) groups excluding carboxylic acids is 3. The van der Waals surface area contributed by atoms with Crippen molar-refractivity contribution in [3.05, 3.63) is 197 Å². The van der Waals surface area contributed by atoms with Gasteiger partial charge in [0.2, 0.25) is 0 Å². The fourth-order valence-corrected chi connectivity index (χ4v) is 13.8. The van der Waals surface area contributed by atoms with E-state index in [9.17, 15) is 28.3 Å². The molecule has 0 bridgehead atoms. The summed E-state index contributed by atoms with van der Waals surface area (Å²) >= 11 is 17.3. The average Bonchev–Trinajstić information content (AvgIpc) is 1.11. The van der Waals surface area contributed by atoms with Crippen LogP contribution in [0, 0.1) is 11.6 Å². The van der Waals surface area contributed by atoms with Gasteiger partial charge in [0.05, 0.1) is 69.4 Å². The minimum absolute atomic E-state index is 0.161. The second-order valence-corrected chi connectivity index (χ2v) is 34.0. The number of nitrogens with one attached hydrogen (secondary N) is 6. The number of nitrogens with zero attached hydrogens (tertiary/aromatic N) is 15. The fraction of sp³-hybridized carbons (Fsp3) is 0.391. The smallest absolute Gasteiger partial charge is 0.410 e. The van der Waals surface area contributed by atoms with Gasteiger partial charge in [0.15, 0.2) is 0 Å². The van der Waals surface area contributed by atoms with Crippen LogP contribution in [0.1, 0.15) is 125 Å². The number of ether oxygens (including phenoxy) is 3. The van der Waals surface area contributed by atoms with Gasteiger partial charge in [-0.2, -0.15) is 10.2 Å². The van der Waals surface area contributed by atoms with Gasteiger partial charge in [-0.05, 0) is 212 Å². The highest BCUT2D eigenvalue weighted by atomic mass is 35.5. The number of carbonyl (C=O) groups is 3. The summed E-state index contributed by atoms with van der Waals surface area (Å²) in [6.45, 7) is 22.6. The number of nitrogens with two attached hydrogens (primary N) is 1. The number of fused-ring (bicyclic) bond motifs is 4. The summed E-state index contributed by atoms with van der Waals surface area (Å²) in [5.74, 6) is 2.45. The van der Waals surface area contributed by atoms with Crippen LogP contribution in [0.4, 0.5) is 63.6 Å². The summed E-state index contributed by atoms with van der Waals surface area (Å²) < 4.78 is 48.8. The molecule has 0 radical (unpaired) electrons. The van der Waals surface area contributed by atoms with Gasteiger partial charge in [-0.25, -0.2) is 72.4 Å². The fourth-order valence-electron chi connectivity index (χ4n) is 13.4. The molecule has 0 aliphatic carbocycles. The highest BCUT2D eigenvalue weighted by molar-refractivity contribution is 6.31. The van der Waals surface area contributed by atoms with Gasteiger partial charge in [-0.1, -0.05) is 34.8 Å². The Bertz CT molecular complexity index is 5530. The monoisotopic (exact) mass is 1730 g/mol. The Morgan fingerprint density at radius 1 is 0.434 bits per heavy atom. The van der Waals surface area contributed by atoms with Crippen LogP contribution in [-0.4, -0.2) is 196 Å². The molecule has 3 amide bonds. The maximum Gasteiger partial charge on any atom is 0.410 e. The van der Waals surface area contributed by atoms with Crippen LogP contribution >= 0.6 is 34.8 Å². The molecular weight excluding hydrogens is 1630 g/mol. The van der Waals surface area contributed by atoms with E-state index >= 15 is 0 Å². The minimum atomic E-state index is -0.509. The first-order chi connectivity index (χ1) is 58.3. The largest absolute Gasteiger partial charge is 0.444 e. The second kappa shape index (κ2) is 40.9. The molecule has 12 aromatic rings. The predicted octanol–water partition coefficient (Wildman–Crippen LogP) is 16.7. The van der Waals surface area contributed by atoms with E-state index in [1.54, 1.807) is 113 Å². The zero-order chi connectivity index (χ0) is 86.8. The van der Waals surface area contributed by atoms with Gasteiger partial charge in [-0.15, -0.1) is 0 Å². The zero-order valence-corrected chi connectivity index (χ0v) is 71.8. The molecule has 0 unspecified atom stereocenters. The molecule has 122 heavy (non-hydrogen) atoms. The maximum atomic E-state index is 14.9. The van der Waals surface area contributed by atoms with E-state index in [0.29, 0.717) is 93.3 Å². The molecule has 16 rings (SSSR count). The number of piperidine rings is 4. The van der Waals surface area contributed by atoms with Crippen LogP contribution in [0.2, 0.25) is 15.5 Å². The number of anilines is 7. The first-order valence-corrected chi connectivity index (χ1v) is 41.6. The molecule has 4 aliphatic rings. The third-order valence-corrected chi connectivity index (χ3v) is 20.3. The van der Waals surface area contributed by atoms with Gasteiger partial charge in [-0.3, -0.25) is 0 Å². The molecule has 10 N–H and O–H groups in total. The third-order valence-electron chi connectivity index (χ3n) is 19.6. The Kier molecular flexibility index (Phi) is 30.1. The van der Waals surface area contributed by atoms with Crippen LogP contribution < -0.4 is 37.6 Å². The predicted molar refractivity (Wildman–Crippen MR) is 472 cm³/mol. The molecule has 4 fully saturated rings. The van der Waals surface area contributed by atoms with E-state index in [2.05, 4.69) is 72.0 Å². The topological polar surface area (TPSA) is 366 Å². The van der Waals surface area contributed by atoms with Gasteiger partial charge in [0.25, 0.3) is 0 Å². The van der Waals surface area contributed by atoms with Crippen LogP contribution in [0.15, 0.2) is 159 Å². The molecule has 4 aliphatic heterocycles. The van der Waals surface area contributed by atoms with Crippen LogP contribution in [-0.2, 0) is 27.4 Å². The van der Waals surface area contributed by atoms with E-state index in [0.717, 1.165) is 133 Å². The van der Waals surface area contributed by atoms with E-state index < -0.39 is 28.4 Å². The Balaban J connectivity index is 0.000000148. The van der Waals surface area contributed by atoms with Crippen molar-refractivity contribution >= 4 is 137 Å². The first kappa shape index (κ1) is 89.7. The van der Waals surface area contributed by atoms with Crippen LogP contribution in [0.25, 0.3) is 55.0 Å². The summed E-state index contributed by atoms with van der Waals surface area (Å²) in [5, 5.41) is 51.6. The molecule has 35 heteroatoms. The first-order valence-electron chi connectivity index (χ1n) is 40.5. The Morgan fingerprint density at radius 2 is 0.779 bits per heavy atom. The third kappa shape index (κ3) is 26.5. The molecular formula is C87H103Cl3F2N22O8. The Hall–Kier alpha value is -11.5. The van der Waals surface area contributed by atoms with Crippen molar-refractivity contribution in [1.82, 2.24) is 79.4 Å². The SMILES string of the molecule is CC(C)(C)OC(=O)N1CCC(N)CC1.CC(C)(C)OC(=O)N1CCC(Nc2ccc3cnc(Cl)cc3n2)CC1.CC(C)(C)OC(=O)N1CCC(Nc2ccc3cnc(Nc4ccc(-n5ccc(CO)n5)cc4F)cc3n2)CC1.Clc1cc2nc(Cl)ccc2cn1.OCc1ccn(-c2ccc(Nc3cc4nc(NC5CCNCC5)ccc4cn3)c(F)c2)n1. The summed E-state index contributed by atoms with van der Waals surface area (Å²) in [7, 11) is 0. The average molecular weight is 1730 g/mol. The van der Waals surface area contributed by atoms with Crippen LogP contribution in [0.3, 0.4) is 0 Å². The number of aliphatic hydroxyl groups excluding tert-OH is 2. The molecule has 30 nitrogen and oxygen atoms in total. The summed E-state index contributed by atoms with van der Waals surface area (Å²) in [6.07, 6.45) is 16.6. The number of benzene rings is 2. The second-order valence-electron chi connectivity index (χ2n) is 32.8. The summed E-state index contributed by atoms with van der Waals surface area (Å²) in [5.41, 5.74) is 10.2. The van der Waals surface area contributed by atoms with Crippen molar-refractivity contribution in [2.24, 2.45) is 5.73 Å². The minimum Gasteiger partial charge on any atom is -0.444 e. The number of pyridine rings is 8. The number of hydrogen-bond acceptors (Lipinski definition) is 25. The van der Waals surface area contributed by atoms with Crippen molar-refractivity contribution < 1.29 is 47.6 Å². The number of hydrogen-bond donors (Lipinski definition) is 9. The van der Waals surface area contributed by atoms with Gasteiger partial charge in [0, 0.05) is 159 Å². The molecule has 10 aromatic heterocycles. The van der Waals surface area contributed by atoms with Gasteiger partial charge in [0.1, 0.15) is 73.0 Å². The number of rotatable bonds is 14. The number of amides is 3.